The molecule has 0 unspecified atom stereocenters. The highest BCUT2D eigenvalue weighted by Crippen LogP contribution is 2.34. The second-order valence-electron chi connectivity index (χ2n) is 6.59. The molecule has 0 atom stereocenters. The van der Waals surface area contributed by atoms with Crippen LogP contribution in [-0.2, 0) is 0 Å². The highest BCUT2D eigenvalue weighted by molar-refractivity contribution is 6.19. The lowest BCUT2D eigenvalue weighted by Gasteiger charge is -2.18. The number of hydrogen-bond acceptors (Lipinski definition) is 5. The van der Waals surface area contributed by atoms with E-state index in [-0.39, 0.29) is 5.91 Å². The minimum atomic E-state index is -0.202. The third-order valence-electron chi connectivity index (χ3n) is 4.54. The number of amidine groups is 1. The standard InChI is InChI=1S/C19H20N4O2/c1-11(2)13-4-6-14(7-5-13)22-18(24)15-12(3)25-19-16(15)17-20-8-9-23(17)10-21-19/h4-7,10-11H,8-9H2,1-3H3,(H,22,24). The Morgan fingerprint density at radius 2 is 2.04 bits per heavy atom. The van der Waals surface area contributed by atoms with Gasteiger partial charge in [0.2, 0.25) is 5.88 Å². The molecule has 4 rings (SSSR count). The first-order chi connectivity index (χ1) is 12.0. The predicted octanol–water partition coefficient (Wildman–Crippen LogP) is 3.70. The zero-order chi connectivity index (χ0) is 17.6. The van der Waals surface area contributed by atoms with Crippen molar-refractivity contribution in [3.05, 3.63) is 46.7 Å². The van der Waals surface area contributed by atoms with E-state index in [0.717, 1.165) is 18.1 Å². The monoisotopic (exact) mass is 336 g/mol. The summed E-state index contributed by atoms with van der Waals surface area (Å²) in [4.78, 5) is 23.6. The molecule has 25 heavy (non-hydrogen) atoms. The summed E-state index contributed by atoms with van der Waals surface area (Å²) in [7, 11) is 0. The summed E-state index contributed by atoms with van der Waals surface area (Å²) in [5.74, 6) is 2.02. The number of furan rings is 1. The van der Waals surface area contributed by atoms with Crippen molar-refractivity contribution in [2.45, 2.75) is 26.7 Å². The first-order valence-electron chi connectivity index (χ1n) is 8.45. The fourth-order valence-electron chi connectivity index (χ4n) is 3.16. The van der Waals surface area contributed by atoms with E-state index in [1.54, 1.807) is 13.3 Å². The third-order valence-corrected chi connectivity index (χ3v) is 4.54. The Hall–Kier alpha value is -2.89. The summed E-state index contributed by atoms with van der Waals surface area (Å²) >= 11 is 0. The highest BCUT2D eigenvalue weighted by Gasteiger charge is 2.33. The van der Waals surface area contributed by atoms with E-state index < -0.39 is 0 Å². The fraction of sp³-hybridized carbons (Fsp3) is 0.316. The Kier molecular flexibility index (Phi) is 3.67. The Morgan fingerprint density at radius 1 is 1.28 bits per heavy atom. The topological polar surface area (TPSA) is 70.2 Å². The van der Waals surface area contributed by atoms with Crippen LogP contribution in [0.5, 0.6) is 0 Å². The lowest BCUT2D eigenvalue weighted by molar-refractivity contribution is 0.102. The first kappa shape index (κ1) is 15.6. The van der Waals surface area contributed by atoms with Crippen molar-refractivity contribution >= 4 is 29.7 Å². The van der Waals surface area contributed by atoms with Gasteiger partial charge in [-0.2, -0.15) is 0 Å². The van der Waals surface area contributed by atoms with Crippen molar-refractivity contribution < 1.29 is 9.21 Å². The van der Waals surface area contributed by atoms with Crippen molar-refractivity contribution in [2.75, 3.05) is 18.4 Å². The van der Waals surface area contributed by atoms with Crippen LogP contribution in [0, 0.1) is 6.92 Å². The maximum Gasteiger partial charge on any atom is 0.260 e. The van der Waals surface area contributed by atoms with Gasteiger partial charge in [-0.05, 0) is 30.5 Å². The number of benzene rings is 1. The van der Waals surface area contributed by atoms with Gasteiger partial charge in [0, 0.05) is 12.2 Å². The summed E-state index contributed by atoms with van der Waals surface area (Å²) in [5, 5.41) is 2.96. The summed E-state index contributed by atoms with van der Waals surface area (Å²) in [5.41, 5.74) is 3.19. The summed E-state index contributed by atoms with van der Waals surface area (Å²) in [6, 6.07) is 7.91. The van der Waals surface area contributed by atoms with Gasteiger partial charge in [-0.1, -0.05) is 26.0 Å². The highest BCUT2D eigenvalue weighted by atomic mass is 16.4. The van der Waals surface area contributed by atoms with Gasteiger partial charge in [0.05, 0.1) is 17.7 Å². The quantitative estimate of drug-likeness (QED) is 0.929. The average Bonchev–Trinajstić information content (AvgIpc) is 3.17. The van der Waals surface area contributed by atoms with Crippen LogP contribution in [0.1, 0.15) is 47.0 Å². The van der Waals surface area contributed by atoms with E-state index in [4.69, 9.17) is 4.42 Å². The van der Waals surface area contributed by atoms with Gasteiger partial charge < -0.3 is 14.6 Å². The van der Waals surface area contributed by atoms with Crippen molar-refractivity contribution in [3.63, 3.8) is 0 Å². The lowest BCUT2D eigenvalue weighted by Crippen LogP contribution is -2.30. The van der Waals surface area contributed by atoms with Gasteiger partial charge in [-0.3, -0.25) is 9.79 Å². The van der Waals surface area contributed by atoms with Crippen LogP contribution >= 0.6 is 0 Å². The molecule has 2 aromatic rings. The van der Waals surface area contributed by atoms with E-state index in [1.807, 2.05) is 29.2 Å². The molecule has 2 aliphatic rings. The molecule has 0 fully saturated rings. The van der Waals surface area contributed by atoms with Crippen molar-refractivity contribution in [1.29, 1.82) is 0 Å². The molecule has 0 saturated heterocycles. The molecular weight excluding hydrogens is 316 g/mol. The Bertz CT molecular complexity index is 891. The summed E-state index contributed by atoms with van der Waals surface area (Å²) in [6.45, 7) is 7.54. The second-order valence-corrected chi connectivity index (χ2v) is 6.59. The van der Waals surface area contributed by atoms with E-state index in [0.29, 0.717) is 35.2 Å². The Balaban J connectivity index is 1.65. The zero-order valence-corrected chi connectivity index (χ0v) is 14.5. The number of aryl methyl sites for hydroxylation is 1. The van der Waals surface area contributed by atoms with E-state index in [1.165, 1.54) is 5.56 Å². The van der Waals surface area contributed by atoms with Crippen molar-refractivity contribution in [1.82, 2.24) is 4.90 Å². The van der Waals surface area contributed by atoms with Crippen LogP contribution < -0.4 is 5.32 Å². The van der Waals surface area contributed by atoms with Crippen LogP contribution in [-0.4, -0.2) is 36.1 Å². The number of rotatable bonds is 3. The lowest BCUT2D eigenvalue weighted by atomic mass is 10.0. The second kappa shape index (κ2) is 5.88. The van der Waals surface area contributed by atoms with Gasteiger partial charge in [0.1, 0.15) is 17.9 Å². The molecule has 6 nitrogen and oxygen atoms in total. The molecule has 2 aliphatic heterocycles. The number of anilines is 1. The van der Waals surface area contributed by atoms with Gasteiger partial charge >= 0.3 is 0 Å². The van der Waals surface area contributed by atoms with Crippen LogP contribution in [0.3, 0.4) is 0 Å². The van der Waals surface area contributed by atoms with E-state index >= 15 is 0 Å². The van der Waals surface area contributed by atoms with Gasteiger partial charge in [-0.25, -0.2) is 4.99 Å². The van der Waals surface area contributed by atoms with Crippen LogP contribution in [0.2, 0.25) is 0 Å². The number of carbonyl (C=O) groups excluding carboxylic acids is 1. The van der Waals surface area contributed by atoms with Gasteiger partial charge in [0.25, 0.3) is 5.91 Å². The van der Waals surface area contributed by atoms with Crippen molar-refractivity contribution in [2.24, 2.45) is 9.98 Å². The molecule has 0 saturated carbocycles. The number of hydrogen-bond donors (Lipinski definition) is 1. The van der Waals surface area contributed by atoms with Crippen LogP contribution in [0.25, 0.3) is 0 Å². The van der Waals surface area contributed by atoms with Gasteiger partial charge in [-0.15, -0.1) is 0 Å². The maximum atomic E-state index is 12.9. The molecule has 6 heteroatoms. The molecule has 1 N–H and O–H groups in total. The smallest absolute Gasteiger partial charge is 0.260 e. The SMILES string of the molecule is Cc1oc2c(c1C(=O)Nc1ccc(C(C)C)cc1)C1=NCCN1C=N2. The largest absolute Gasteiger partial charge is 0.442 e. The zero-order valence-electron chi connectivity index (χ0n) is 14.5. The summed E-state index contributed by atoms with van der Waals surface area (Å²) in [6.07, 6.45) is 1.71. The molecule has 1 amide bonds. The van der Waals surface area contributed by atoms with Crippen LogP contribution in [0.15, 0.2) is 38.7 Å². The molecule has 0 bridgehead atoms. The molecule has 1 aromatic heterocycles. The van der Waals surface area contributed by atoms with Crippen molar-refractivity contribution in [3.8, 4) is 0 Å². The molecule has 3 heterocycles. The predicted molar refractivity (Wildman–Crippen MR) is 98.2 cm³/mol. The minimum Gasteiger partial charge on any atom is -0.442 e. The molecular formula is C19H20N4O2. The number of fused-ring (bicyclic) bond motifs is 3. The van der Waals surface area contributed by atoms with E-state index in [2.05, 4.69) is 29.1 Å². The minimum absolute atomic E-state index is 0.202. The molecule has 0 radical (unpaired) electrons. The molecule has 0 aliphatic carbocycles. The number of nitrogens with zero attached hydrogens (tertiary/aromatic N) is 3. The van der Waals surface area contributed by atoms with E-state index in [9.17, 15) is 4.79 Å². The Morgan fingerprint density at radius 3 is 2.76 bits per heavy atom. The third kappa shape index (κ3) is 2.63. The number of aliphatic imine (C=N–C) groups is 2. The summed E-state index contributed by atoms with van der Waals surface area (Å²) < 4.78 is 5.69. The normalized spacial score (nSPS) is 15.2. The molecule has 128 valence electrons. The average molecular weight is 336 g/mol. The first-order valence-corrected chi connectivity index (χ1v) is 8.45. The fourth-order valence-corrected chi connectivity index (χ4v) is 3.16. The maximum absolute atomic E-state index is 12.9. The number of carbonyl (C=O) groups is 1. The van der Waals surface area contributed by atoms with Crippen LogP contribution in [0.4, 0.5) is 11.6 Å². The number of nitrogens with one attached hydrogen (secondary N) is 1. The Labute approximate surface area is 146 Å². The molecule has 0 spiro atoms. The number of amides is 1. The van der Waals surface area contributed by atoms with Gasteiger partial charge in [0.15, 0.2) is 0 Å². The molecule has 1 aromatic carbocycles.